The van der Waals surface area contributed by atoms with Crippen molar-refractivity contribution in [3.05, 3.63) is 70.8 Å². The Labute approximate surface area is 211 Å². The molecule has 2 aliphatic rings. The Bertz CT molecular complexity index is 980. The van der Waals surface area contributed by atoms with Crippen molar-refractivity contribution in [2.24, 2.45) is 0 Å². The van der Waals surface area contributed by atoms with Gasteiger partial charge in [0, 0.05) is 33.3 Å². The van der Waals surface area contributed by atoms with Gasteiger partial charge in [0.2, 0.25) is 0 Å². The summed E-state index contributed by atoms with van der Waals surface area (Å²) >= 11 is 0. The maximum Gasteiger partial charge on any atom is 0.416 e. The molecule has 11 heteroatoms. The van der Waals surface area contributed by atoms with Gasteiger partial charge < -0.3 is 19.1 Å². The second kappa shape index (κ2) is 11.3. The van der Waals surface area contributed by atoms with Gasteiger partial charge in [-0.05, 0) is 48.2 Å². The van der Waals surface area contributed by atoms with Crippen LogP contribution in [0.25, 0.3) is 0 Å². The Balaban J connectivity index is 1.44. The maximum atomic E-state index is 13.3. The molecule has 2 saturated heterocycles. The van der Waals surface area contributed by atoms with Gasteiger partial charge in [-0.3, -0.25) is 4.90 Å². The summed E-state index contributed by atoms with van der Waals surface area (Å²) in [5.74, 6) is 0. The first kappa shape index (κ1) is 27.8. The van der Waals surface area contributed by atoms with Crippen LogP contribution in [0.2, 0.25) is 0 Å². The number of benzene rings is 2. The first-order valence-electron chi connectivity index (χ1n) is 12.0. The van der Waals surface area contributed by atoms with Gasteiger partial charge in [0.25, 0.3) is 0 Å². The molecule has 0 atom stereocenters. The Morgan fingerprint density at radius 1 is 0.892 bits per heavy atom. The first-order chi connectivity index (χ1) is 17.5. The normalized spacial score (nSPS) is 19.2. The van der Waals surface area contributed by atoms with Crippen molar-refractivity contribution in [1.29, 1.82) is 0 Å². The quantitative estimate of drug-likeness (QED) is 0.416. The van der Waals surface area contributed by atoms with E-state index in [1.54, 1.807) is 7.11 Å². The summed E-state index contributed by atoms with van der Waals surface area (Å²) in [6, 6.07) is 9.06. The Morgan fingerprint density at radius 3 is 1.97 bits per heavy atom. The van der Waals surface area contributed by atoms with Crippen LogP contribution in [0.4, 0.5) is 26.3 Å². The highest BCUT2D eigenvalue weighted by Crippen LogP contribution is 2.36. The van der Waals surface area contributed by atoms with Gasteiger partial charge in [0.1, 0.15) is 19.6 Å². The highest BCUT2D eigenvalue weighted by Gasteiger charge is 2.41. The number of alkyl halides is 6. The molecule has 0 aromatic heterocycles. The second-order valence-corrected chi connectivity index (χ2v) is 9.54. The fourth-order valence-corrected chi connectivity index (χ4v) is 4.92. The molecular formula is C26H30F6N2O3. The molecule has 5 nitrogen and oxygen atoms in total. The third kappa shape index (κ3) is 7.02. The van der Waals surface area contributed by atoms with Gasteiger partial charge in [-0.1, -0.05) is 24.3 Å². The van der Waals surface area contributed by atoms with Gasteiger partial charge in [0.15, 0.2) is 0 Å². The number of nitrogens with zero attached hydrogens (tertiary/aromatic N) is 2. The molecule has 2 aromatic carbocycles. The fraction of sp³-hybridized carbons (Fsp3) is 0.538. The molecule has 0 unspecified atom stereocenters. The van der Waals surface area contributed by atoms with Gasteiger partial charge in [-0.25, -0.2) is 0 Å². The summed E-state index contributed by atoms with van der Waals surface area (Å²) in [6.45, 7) is 3.95. The number of hydrogen-bond donors (Lipinski definition) is 0. The number of rotatable bonds is 8. The van der Waals surface area contributed by atoms with E-state index in [1.807, 2.05) is 0 Å². The Morgan fingerprint density at radius 2 is 1.46 bits per heavy atom. The molecule has 0 saturated carbocycles. The number of halogens is 6. The van der Waals surface area contributed by atoms with E-state index in [0.29, 0.717) is 20.0 Å². The minimum Gasteiger partial charge on any atom is -0.369 e. The number of methoxy groups -OCH3 is 1. The van der Waals surface area contributed by atoms with Crippen LogP contribution in [0.5, 0.6) is 0 Å². The van der Waals surface area contributed by atoms with Crippen LogP contribution >= 0.6 is 0 Å². The number of ether oxygens (including phenoxy) is 3. The minimum absolute atomic E-state index is 0.140. The van der Waals surface area contributed by atoms with Gasteiger partial charge >= 0.3 is 12.4 Å². The summed E-state index contributed by atoms with van der Waals surface area (Å²) in [6.07, 6.45) is -8.62. The van der Waals surface area contributed by atoms with E-state index in [-0.39, 0.29) is 23.3 Å². The molecule has 0 bridgehead atoms. The Hall–Kier alpha value is -2.18. The monoisotopic (exact) mass is 532 g/mol. The van der Waals surface area contributed by atoms with Crippen LogP contribution in [-0.4, -0.2) is 68.8 Å². The van der Waals surface area contributed by atoms with Crippen molar-refractivity contribution in [2.75, 3.05) is 53.4 Å². The smallest absolute Gasteiger partial charge is 0.369 e. The van der Waals surface area contributed by atoms with Crippen molar-refractivity contribution < 1.29 is 40.6 Å². The number of piperidine rings is 1. The van der Waals surface area contributed by atoms with Crippen molar-refractivity contribution >= 4 is 0 Å². The molecule has 2 heterocycles. The van der Waals surface area contributed by atoms with Gasteiger partial charge in [-0.2, -0.15) is 26.3 Å². The van der Waals surface area contributed by atoms with Crippen LogP contribution in [0.1, 0.15) is 41.2 Å². The van der Waals surface area contributed by atoms with Crippen LogP contribution in [0.3, 0.4) is 0 Å². The SMILES string of the molecule is COCN1COC2(CCN(CCOC(c3cccc(C(F)(F)F)c3)c3cccc(C(F)(F)F)c3)CC2)C1. The lowest BCUT2D eigenvalue weighted by atomic mass is 9.91. The summed E-state index contributed by atoms with van der Waals surface area (Å²) < 4.78 is 97.1. The van der Waals surface area contributed by atoms with E-state index in [0.717, 1.165) is 56.7 Å². The second-order valence-electron chi connectivity index (χ2n) is 9.54. The van der Waals surface area contributed by atoms with Crippen LogP contribution in [-0.2, 0) is 26.6 Å². The average Bonchev–Trinajstić information content (AvgIpc) is 3.24. The first-order valence-corrected chi connectivity index (χ1v) is 12.0. The summed E-state index contributed by atoms with van der Waals surface area (Å²) in [5.41, 5.74) is -1.69. The largest absolute Gasteiger partial charge is 0.416 e. The highest BCUT2D eigenvalue weighted by molar-refractivity contribution is 5.36. The summed E-state index contributed by atoms with van der Waals surface area (Å²) in [4.78, 5) is 4.26. The van der Waals surface area contributed by atoms with Crippen molar-refractivity contribution in [3.63, 3.8) is 0 Å². The highest BCUT2D eigenvalue weighted by atomic mass is 19.4. The summed E-state index contributed by atoms with van der Waals surface area (Å²) in [5, 5.41) is 0. The zero-order chi connectivity index (χ0) is 26.7. The minimum atomic E-state index is -4.58. The Kier molecular flexibility index (Phi) is 8.49. The molecule has 1 spiro atoms. The predicted molar refractivity (Wildman–Crippen MR) is 124 cm³/mol. The fourth-order valence-electron chi connectivity index (χ4n) is 4.92. The van der Waals surface area contributed by atoms with Crippen molar-refractivity contribution in [2.45, 2.75) is 36.9 Å². The number of hydrogen-bond acceptors (Lipinski definition) is 5. The van der Waals surface area contributed by atoms with Crippen LogP contribution < -0.4 is 0 Å². The van der Waals surface area contributed by atoms with E-state index >= 15 is 0 Å². The van der Waals surface area contributed by atoms with E-state index in [4.69, 9.17) is 14.2 Å². The maximum absolute atomic E-state index is 13.3. The molecule has 2 aliphatic heterocycles. The molecule has 0 amide bonds. The van der Waals surface area contributed by atoms with Crippen LogP contribution in [0, 0.1) is 0 Å². The van der Waals surface area contributed by atoms with Gasteiger partial charge in [-0.15, -0.1) is 0 Å². The van der Waals surface area contributed by atoms with Crippen molar-refractivity contribution in [1.82, 2.24) is 9.80 Å². The lowest BCUT2D eigenvalue weighted by Gasteiger charge is -2.38. The van der Waals surface area contributed by atoms with Gasteiger partial charge in [0.05, 0.1) is 23.3 Å². The lowest BCUT2D eigenvalue weighted by Crippen LogP contribution is -2.47. The lowest BCUT2D eigenvalue weighted by molar-refractivity contribution is -0.138. The predicted octanol–water partition coefficient (Wildman–Crippen LogP) is 5.56. The van der Waals surface area contributed by atoms with E-state index in [1.165, 1.54) is 24.3 Å². The molecule has 0 N–H and O–H groups in total. The molecule has 4 rings (SSSR count). The third-order valence-corrected chi connectivity index (χ3v) is 6.87. The molecule has 2 aromatic rings. The zero-order valence-corrected chi connectivity index (χ0v) is 20.4. The molecule has 0 aliphatic carbocycles. The standard InChI is InChI=1S/C26H30F6N2O3/c1-35-17-34-16-24(37-18-34)8-10-33(11-9-24)12-13-36-23(19-4-2-6-21(14-19)25(27,28)29)20-5-3-7-22(15-20)26(30,31)32/h2-7,14-15,23H,8-13,16-18H2,1H3. The summed E-state index contributed by atoms with van der Waals surface area (Å²) in [7, 11) is 1.64. The van der Waals surface area contributed by atoms with E-state index in [9.17, 15) is 26.3 Å². The molecular weight excluding hydrogens is 502 g/mol. The zero-order valence-electron chi connectivity index (χ0n) is 20.4. The third-order valence-electron chi connectivity index (χ3n) is 6.87. The van der Waals surface area contributed by atoms with E-state index in [2.05, 4.69) is 9.80 Å². The average molecular weight is 533 g/mol. The molecule has 2 fully saturated rings. The van der Waals surface area contributed by atoms with E-state index < -0.39 is 29.6 Å². The van der Waals surface area contributed by atoms with Crippen LogP contribution in [0.15, 0.2) is 48.5 Å². The van der Waals surface area contributed by atoms with Crippen molar-refractivity contribution in [3.8, 4) is 0 Å². The number of likely N-dealkylation sites (tertiary alicyclic amines) is 1. The molecule has 204 valence electrons. The molecule has 0 radical (unpaired) electrons. The molecule has 37 heavy (non-hydrogen) atoms. The topological polar surface area (TPSA) is 34.2 Å².